The van der Waals surface area contributed by atoms with Crippen LogP contribution in [0.5, 0.6) is 5.75 Å². The lowest BCUT2D eigenvalue weighted by Gasteiger charge is -2.47. The number of urea groups is 1. The number of rotatable bonds is 3. The van der Waals surface area contributed by atoms with Crippen molar-refractivity contribution in [2.24, 2.45) is 0 Å². The van der Waals surface area contributed by atoms with Crippen molar-refractivity contribution in [2.75, 3.05) is 19.5 Å². The highest BCUT2D eigenvalue weighted by Crippen LogP contribution is 2.32. The molecule has 0 saturated carbocycles. The first-order valence-corrected chi connectivity index (χ1v) is 8.10. The summed E-state index contributed by atoms with van der Waals surface area (Å²) in [5, 5.41) is 6.03. The number of carbonyl (C=O) groups is 1. The molecule has 5 nitrogen and oxygen atoms in total. The molecule has 2 aliphatic heterocycles. The van der Waals surface area contributed by atoms with Crippen LogP contribution in [0.3, 0.4) is 0 Å². The molecule has 0 radical (unpaired) electrons. The first-order valence-electron chi connectivity index (χ1n) is 8.10. The van der Waals surface area contributed by atoms with E-state index in [1.807, 2.05) is 24.3 Å². The van der Waals surface area contributed by atoms with Crippen LogP contribution in [0.2, 0.25) is 0 Å². The van der Waals surface area contributed by atoms with Gasteiger partial charge in [0.1, 0.15) is 5.75 Å². The van der Waals surface area contributed by atoms with Crippen LogP contribution in [0, 0.1) is 0 Å². The van der Waals surface area contributed by atoms with Gasteiger partial charge in [0.2, 0.25) is 0 Å². The van der Waals surface area contributed by atoms with Gasteiger partial charge < -0.3 is 20.3 Å². The van der Waals surface area contributed by atoms with Gasteiger partial charge in [-0.1, -0.05) is 18.6 Å². The molecule has 2 atom stereocenters. The number of nitrogens with zero attached hydrogens (tertiary/aromatic N) is 1. The highest BCUT2D eigenvalue weighted by atomic mass is 16.5. The zero-order chi connectivity index (χ0) is 15.5. The van der Waals surface area contributed by atoms with Gasteiger partial charge in [-0.2, -0.15) is 0 Å². The largest absolute Gasteiger partial charge is 0.495 e. The van der Waals surface area contributed by atoms with E-state index >= 15 is 0 Å². The van der Waals surface area contributed by atoms with Gasteiger partial charge in [-0.15, -0.1) is 0 Å². The molecular weight excluding hydrogens is 278 g/mol. The molecule has 120 valence electrons. The molecule has 1 aromatic rings. The molecule has 2 N–H and O–H groups in total. The minimum absolute atomic E-state index is 0.142. The predicted octanol–water partition coefficient (Wildman–Crippen LogP) is 2.83. The van der Waals surface area contributed by atoms with E-state index in [0.717, 1.165) is 12.8 Å². The quantitative estimate of drug-likeness (QED) is 0.903. The Morgan fingerprint density at radius 3 is 2.59 bits per heavy atom. The number of carbonyl (C=O) groups excluding carboxylic acids is 1. The van der Waals surface area contributed by atoms with E-state index in [-0.39, 0.29) is 12.1 Å². The molecule has 0 aromatic heterocycles. The molecule has 2 amide bonds. The van der Waals surface area contributed by atoms with Crippen molar-refractivity contribution in [2.45, 2.75) is 50.2 Å². The molecule has 2 aliphatic rings. The summed E-state index contributed by atoms with van der Waals surface area (Å²) < 4.78 is 5.26. The fraction of sp³-hybridized carbons (Fsp3) is 0.588. The van der Waals surface area contributed by atoms with E-state index in [9.17, 15) is 4.79 Å². The molecule has 2 unspecified atom stereocenters. The molecule has 1 aromatic carbocycles. The Hall–Kier alpha value is -1.75. The molecule has 2 saturated heterocycles. The summed E-state index contributed by atoms with van der Waals surface area (Å²) in [6.45, 7) is 0. The zero-order valence-electron chi connectivity index (χ0n) is 13.3. The Morgan fingerprint density at radius 2 is 1.91 bits per heavy atom. The number of para-hydroxylation sites is 2. The fourth-order valence-corrected chi connectivity index (χ4v) is 3.83. The second-order valence-electron chi connectivity index (χ2n) is 6.37. The Balaban J connectivity index is 1.58. The van der Waals surface area contributed by atoms with Crippen molar-refractivity contribution in [1.82, 2.24) is 10.2 Å². The van der Waals surface area contributed by atoms with Gasteiger partial charge in [0, 0.05) is 18.1 Å². The number of anilines is 1. The van der Waals surface area contributed by atoms with Crippen LogP contribution in [0.1, 0.15) is 32.1 Å². The second kappa shape index (κ2) is 6.57. The monoisotopic (exact) mass is 303 g/mol. The number of benzene rings is 1. The third-order valence-corrected chi connectivity index (χ3v) is 5.03. The van der Waals surface area contributed by atoms with Crippen LogP contribution in [-0.2, 0) is 0 Å². The molecule has 5 heteroatoms. The van der Waals surface area contributed by atoms with Gasteiger partial charge >= 0.3 is 6.03 Å². The van der Waals surface area contributed by atoms with E-state index in [0.29, 0.717) is 23.5 Å². The van der Waals surface area contributed by atoms with Crippen LogP contribution in [0.25, 0.3) is 0 Å². The minimum Gasteiger partial charge on any atom is -0.495 e. The molecular formula is C17H25N3O2. The molecule has 3 rings (SSSR count). The van der Waals surface area contributed by atoms with Gasteiger partial charge in [-0.3, -0.25) is 0 Å². The molecule has 22 heavy (non-hydrogen) atoms. The molecule has 2 bridgehead atoms. The Labute approximate surface area is 132 Å². The number of piperidine rings is 2. The van der Waals surface area contributed by atoms with Gasteiger partial charge in [0.05, 0.1) is 12.8 Å². The Bertz CT molecular complexity index is 520. The SMILES string of the molecule is COc1ccccc1NC(=O)NC1CC2CCCC(C1)N2C. The summed E-state index contributed by atoms with van der Waals surface area (Å²) in [7, 11) is 3.83. The van der Waals surface area contributed by atoms with Crippen molar-refractivity contribution in [3.8, 4) is 5.75 Å². The summed E-state index contributed by atoms with van der Waals surface area (Å²) >= 11 is 0. The van der Waals surface area contributed by atoms with Crippen molar-refractivity contribution < 1.29 is 9.53 Å². The van der Waals surface area contributed by atoms with E-state index in [4.69, 9.17) is 4.74 Å². The average Bonchev–Trinajstić information content (AvgIpc) is 2.49. The minimum atomic E-state index is -0.142. The summed E-state index contributed by atoms with van der Waals surface area (Å²) in [5.74, 6) is 0.679. The number of hydrogen-bond acceptors (Lipinski definition) is 3. The molecule has 2 fully saturated rings. The Kier molecular flexibility index (Phi) is 4.52. The lowest BCUT2D eigenvalue weighted by atomic mass is 9.82. The van der Waals surface area contributed by atoms with Gasteiger partial charge in [-0.25, -0.2) is 4.79 Å². The smallest absolute Gasteiger partial charge is 0.319 e. The lowest BCUT2D eigenvalue weighted by molar-refractivity contribution is 0.0513. The van der Waals surface area contributed by atoms with Gasteiger partial charge in [-0.05, 0) is 44.9 Å². The third-order valence-electron chi connectivity index (χ3n) is 5.03. The average molecular weight is 303 g/mol. The fourth-order valence-electron chi connectivity index (χ4n) is 3.83. The van der Waals surface area contributed by atoms with Crippen molar-refractivity contribution in [1.29, 1.82) is 0 Å². The van der Waals surface area contributed by atoms with E-state index in [1.165, 1.54) is 19.3 Å². The first-order chi connectivity index (χ1) is 10.7. The first kappa shape index (κ1) is 15.2. The topological polar surface area (TPSA) is 53.6 Å². The normalized spacial score (nSPS) is 28.0. The van der Waals surface area contributed by atoms with E-state index < -0.39 is 0 Å². The van der Waals surface area contributed by atoms with Crippen molar-refractivity contribution in [3.63, 3.8) is 0 Å². The van der Waals surface area contributed by atoms with Crippen molar-refractivity contribution >= 4 is 11.7 Å². The van der Waals surface area contributed by atoms with Crippen LogP contribution >= 0.6 is 0 Å². The van der Waals surface area contributed by atoms with Crippen LogP contribution in [0.4, 0.5) is 10.5 Å². The van der Waals surface area contributed by atoms with Crippen LogP contribution < -0.4 is 15.4 Å². The predicted molar refractivity (Wildman–Crippen MR) is 87.4 cm³/mol. The van der Waals surface area contributed by atoms with E-state index in [1.54, 1.807) is 7.11 Å². The second-order valence-corrected chi connectivity index (χ2v) is 6.37. The molecule has 2 heterocycles. The number of methoxy groups -OCH3 is 1. The Morgan fingerprint density at radius 1 is 1.23 bits per heavy atom. The summed E-state index contributed by atoms with van der Waals surface area (Å²) in [5.41, 5.74) is 0.704. The maximum atomic E-state index is 12.3. The molecule has 0 spiro atoms. The highest BCUT2D eigenvalue weighted by molar-refractivity contribution is 5.91. The number of fused-ring (bicyclic) bond motifs is 2. The standard InChI is InChI=1S/C17H25N3O2/c1-20-13-6-5-7-14(20)11-12(10-13)18-17(21)19-15-8-3-4-9-16(15)22-2/h3-4,8-9,12-14H,5-7,10-11H2,1-2H3,(H2,18,19,21). The van der Waals surface area contributed by atoms with Crippen LogP contribution in [-0.4, -0.2) is 43.2 Å². The van der Waals surface area contributed by atoms with Gasteiger partial charge in [0.25, 0.3) is 0 Å². The maximum absolute atomic E-state index is 12.3. The van der Waals surface area contributed by atoms with E-state index in [2.05, 4.69) is 22.6 Å². The van der Waals surface area contributed by atoms with Crippen LogP contribution in [0.15, 0.2) is 24.3 Å². The number of ether oxygens (including phenoxy) is 1. The number of nitrogens with one attached hydrogen (secondary N) is 2. The highest BCUT2D eigenvalue weighted by Gasteiger charge is 2.36. The third kappa shape index (κ3) is 3.19. The zero-order valence-corrected chi connectivity index (χ0v) is 13.3. The maximum Gasteiger partial charge on any atom is 0.319 e. The molecule has 0 aliphatic carbocycles. The summed E-state index contributed by atoms with van der Waals surface area (Å²) in [6, 6.07) is 8.82. The van der Waals surface area contributed by atoms with Gasteiger partial charge in [0.15, 0.2) is 0 Å². The lowest BCUT2D eigenvalue weighted by Crippen LogP contribution is -2.55. The number of hydrogen-bond donors (Lipinski definition) is 2. The summed E-state index contributed by atoms with van der Waals surface area (Å²) in [6.07, 6.45) is 5.91. The number of amides is 2. The van der Waals surface area contributed by atoms with Crippen molar-refractivity contribution in [3.05, 3.63) is 24.3 Å². The summed E-state index contributed by atoms with van der Waals surface area (Å²) in [4.78, 5) is 14.8.